The topological polar surface area (TPSA) is 57.5 Å². The lowest BCUT2D eigenvalue weighted by Crippen LogP contribution is -2.59. The third kappa shape index (κ3) is 2.42. The normalized spacial score (nSPS) is 46.1. The van der Waals surface area contributed by atoms with Gasteiger partial charge in [-0.05, 0) is 60.3 Å². The van der Waals surface area contributed by atoms with Crippen LogP contribution in [0.2, 0.25) is 0 Å². The molecule has 5 atom stereocenters. The number of allylic oxidation sites excluding steroid dienone is 1. The van der Waals surface area contributed by atoms with Crippen LogP contribution in [0.5, 0.6) is 0 Å². The zero-order valence-corrected chi connectivity index (χ0v) is 14.8. The number of hydrogen-bond acceptors (Lipinski definition) is 3. The summed E-state index contributed by atoms with van der Waals surface area (Å²) < 4.78 is 0. The summed E-state index contributed by atoms with van der Waals surface area (Å²) in [5, 5.41) is 21.2. The van der Waals surface area contributed by atoms with Gasteiger partial charge in [-0.3, -0.25) is 4.79 Å². The molecule has 2 N–H and O–H groups in total. The Bertz CT molecular complexity index is 509. The third-order valence-corrected chi connectivity index (χ3v) is 7.82. The maximum atomic E-state index is 11.3. The van der Waals surface area contributed by atoms with E-state index >= 15 is 0 Å². The number of carbonyl (C=O) groups is 1. The number of hydrogen-bond donors (Lipinski definition) is 2. The predicted molar refractivity (Wildman–Crippen MR) is 90.9 cm³/mol. The minimum absolute atomic E-state index is 0.0293. The molecule has 0 saturated heterocycles. The Morgan fingerprint density at radius 1 is 1.22 bits per heavy atom. The van der Waals surface area contributed by atoms with E-state index < -0.39 is 11.5 Å². The average Bonchev–Trinajstić information content (AvgIpc) is 2.64. The van der Waals surface area contributed by atoms with E-state index in [1.165, 1.54) is 19.3 Å². The Labute approximate surface area is 140 Å². The zero-order chi connectivity index (χ0) is 16.9. The van der Waals surface area contributed by atoms with E-state index in [1.807, 2.05) is 6.08 Å². The molecule has 23 heavy (non-hydrogen) atoms. The summed E-state index contributed by atoms with van der Waals surface area (Å²) in [4.78, 5) is 11.3. The Hall–Kier alpha value is -0.670. The number of carbonyl (C=O) groups excluding carboxylic acids is 1. The highest BCUT2D eigenvalue weighted by Gasteiger charge is 2.61. The molecule has 2 fully saturated rings. The molecule has 0 aliphatic heterocycles. The molecular weight excluding hydrogens is 288 g/mol. The van der Waals surface area contributed by atoms with E-state index in [4.69, 9.17) is 0 Å². The van der Waals surface area contributed by atoms with Gasteiger partial charge in [-0.1, -0.05) is 33.3 Å². The van der Waals surface area contributed by atoms with Crippen LogP contribution in [0.25, 0.3) is 0 Å². The lowest BCUT2D eigenvalue weighted by atomic mass is 9.42. The second-order valence-corrected chi connectivity index (χ2v) is 9.24. The number of rotatable bonds is 2. The van der Waals surface area contributed by atoms with Crippen LogP contribution >= 0.6 is 0 Å². The Balaban J connectivity index is 2.06. The van der Waals surface area contributed by atoms with Crippen molar-refractivity contribution in [2.75, 3.05) is 6.61 Å². The summed E-state index contributed by atoms with van der Waals surface area (Å²) in [7, 11) is 0. The third-order valence-electron chi connectivity index (χ3n) is 7.82. The van der Waals surface area contributed by atoms with Crippen molar-refractivity contribution in [2.24, 2.45) is 28.1 Å². The molecular formula is C20H32O3. The van der Waals surface area contributed by atoms with E-state index in [1.54, 1.807) is 0 Å². The number of aldehydes is 1. The van der Waals surface area contributed by atoms with Crippen molar-refractivity contribution in [3.63, 3.8) is 0 Å². The van der Waals surface area contributed by atoms with Crippen LogP contribution in [0.4, 0.5) is 0 Å². The first-order valence-electron chi connectivity index (χ1n) is 9.23. The zero-order valence-electron chi connectivity index (χ0n) is 14.8. The molecule has 0 heterocycles. The van der Waals surface area contributed by atoms with Gasteiger partial charge in [0, 0.05) is 11.8 Å². The van der Waals surface area contributed by atoms with Gasteiger partial charge in [0.25, 0.3) is 0 Å². The summed E-state index contributed by atoms with van der Waals surface area (Å²) in [5.74, 6) is 0.887. The molecule has 0 spiro atoms. The summed E-state index contributed by atoms with van der Waals surface area (Å²) in [6.07, 6.45) is 9.13. The van der Waals surface area contributed by atoms with E-state index in [2.05, 4.69) is 20.8 Å². The molecule has 3 aliphatic rings. The Kier molecular flexibility index (Phi) is 4.25. The van der Waals surface area contributed by atoms with E-state index in [0.29, 0.717) is 23.3 Å². The summed E-state index contributed by atoms with van der Waals surface area (Å²) >= 11 is 0. The molecule has 0 aromatic heterocycles. The average molecular weight is 320 g/mol. The summed E-state index contributed by atoms with van der Waals surface area (Å²) in [6.45, 7) is 7.20. The van der Waals surface area contributed by atoms with Crippen LogP contribution in [-0.4, -0.2) is 29.2 Å². The molecule has 0 radical (unpaired) electrons. The van der Waals surface area contributed by atoms with Gasteiger partial charge >= 0.3 is 0 Å². The molecule has 5 unspecified atom stereocenters. The van der Waals surface area contributed by atoms with Crippen LogP contribution in [0.3, 0.4) is 0 Å². The first kappa shape index (κ1) is 17.2. The van der Waals surface area contributed by atoms with Crippen molar-refractivity contribution in [2.45, 2.75) is 71.8 Å². The monoisotopic (exact) mass is 320 g/mol. The van der Waals surface area contributed by atoms with E-state index in [0.717, 1.165) is 25.5 Å². The lowest BCUT2D eigenvalue weighted by Gasteiger charge is -2.63. The Morgan fingerprint density at radius 3 is 2.61 bits per heavy atom. The molecule has 3 rings (SSSR count). The minimum Gasteiger partial charge on any atom is -0.396 e. The van der Waals surface area contributed by atoms with Gasteiger partial charge in [-0.25, -0.2) is 0 Å². The number of aliphatic hydroxyl groups excluding tert-OH is 2. The quantitative estimate of drug-likeness (QED) is 0.766. The standard InChI is InChI=1S/C20H32O3/c1-18(2)8-4-9-19(3)15(18)7-10-20(13-22)16(19)6-5-14(12-21)11-17(20)23/h5,12,15-17,22-23H,4,6-11,13H2,1-3H3. The molecule has 0 aromatic carbocycles. The van der Waals surface area contributed by atoms with Gasteiger partial charge in [0.1, 0.15) is 6.29 Å². The van der Waals surface area contributed by atoms with Crippen LogP contribution in [0.1, 0.15) is 65.7 Å². The van der Waals surface area contributed by atoms with Crippen molar-refractivity contribution in [1.29, 1.82) is 0 Å². The molecule has 0 amide bonds. The van der Waals surface area contributed by atoms with E-state index in [-0.39, 0.29) is 17.9 Å². The Morgan fingerprint density at radius 2 is 1.96 bits per heavy atom. The number of aliphatic hydroxyl groups is 2. The molecule has 0 bridgehead atoms. The fourth-order valence-corrected chi connectivity index (χ4v) is 6.62. The van der Waals surface area contributed by atoms with Gasteiger partial charge < -0.3 is 10.2 Å². The number of fused-ring (bicyclic) bond motifs is 3. The second-order valence-electron chi connectivity index (χ2n) is 9.24. The van der Waals surface area contributed by atoms with Crippen molar-refractivity contribution in [1.82, 2.24) is 0 Å². The SMILES string of the molecule is CC1(C)CCCC2(C)C1CCC1(CO)C(O)CC(C=O)=CCC21. The van der Waals surface area contributed by atoms with Crippen molar-refractivity contribution < 1.29 is 15.0 Å². The highest BCUT2D eigenvalue weighted by Crippen LogP contribution is 2.66. The lowest BCUT2D eigenvalue weighted by molar-refractivity contribution is -0.181. The highest BCUT2D eigenvalue weighted by atomic mass is 16.3. The fourth-order valence-electron chi connectivity index (χ4n) is 6.62. The second kappa shape index (κ2) is 5.70. The van der Waals surface area contributed by atoms with Gasteiger partial charge in [0.2, 0.25) is 0 Å². The van der Waals surface area contributed by atoms with Crippen LogP contribution < -0.4 is 0 Å². The first-order valence-corrected chi connectivity index (χ1v) is 9.23. The van der Waals surface area contributed by atoms with Crippen LogP contribution in [0, 0.1) is 28.1 Å². The molecule has 2 saturated carbocycles. The van der Waals surface area contributed by atoms with Gasteiger partial charge in [-0.2, -0.15) is 0 Å². The largest absolute Gasteiger partial charge is 0.396 e. The van der Waals surface area contributed by atoms with E-state index in [9.17, 15) is 15.0 Å². The van der Waals surface area contributed by atoms with Gasteiger partial charge in [-0.15, -0.1) is 0 Å². The van der Waals surface area contributed by atoms with Crippen molar-refractivity contribution in [3.05, 3.63) is 11.6 Å². The van der Waals surface area contributed by atoms with Crippen LogP contribution in [0.15, 0.2) is 11.6 Å². The molecule has 0 aromatic rings. The molecule has 3 aliphatic carbocycles. The van der Waals surface area contributed by atoms with Gasteiger partial charge in [0.05, 0.1) is 12.7 Å². The molecule has 130 valence electrons. The summed E-state index contributed by atoms with van der Waals surface area (Å²) in [5.41, 5.74) is 0.719. The van der Waals surface area contributed by atoms with Crippen molar-refractivity contribution >= 4 is 6.29 Å². The first-order chi connectivity index (χ1) is 10.8. The van der Waals surface area contributed by atoms with Gasteiger partial charge in [0.15, 0.2) is 0 Å². The maximum absolute atomic E-state index is 11.3. The smallest absolute Gasteiger partial charge is 0.145 e. The summed E-state index contributed by atoms with van der Waals surface area (Å²) in [6, 6.07) is 0. The molecule has 3 nitrogen and oxygen atoms in total. The highest BCUT2D eigenvalue weighted by molar-refractivity contribution is 5.73. The predicted octanol–water partition coefficient (Wildman–Crippen LogP) is 3.49. The molecule has 3 heteroatoms. The minimum atomic E-state index is -0.612. The van der Waals surface area contributed by atoms with Crippen molar-refractivity contribution in [3.8, 4) is 0 Å². The fraction of sp³-hybridized carbons (Fsp3) is 0.850. The maximum Gasteiger partial charge on any atom is 0.145 e. The van der Waals surface area contributed by atoms with Crippen LogP contribution in [-0.2, 0) is 4.79 Å².